The minimum absolute atomic E-state index is 0.345. The van der Waals surface area contributed by atoms with Gasteiger partial charge in [-0.1, -0.05) is 18.2 Å². The topological polar surface area (TPSA) is 9.23 Å². The highest BCUT2D eigenvalue weighted by Crippen LogP contribution is 2.31. The Labute approximate surface area is 84.5 Å². The summed E-state index contributed by atoms with van der Waals surface area (Å²) in [4.78, 5) is 0. The van der Waals surface area contributed by atoms with Gasteiger partial charge in [-0.3, -0.25) is 0 Å². The van der Waals surface area contributed by atoms with Crippen LogP contribution in [0.2, 0.25) is 0 Å². The van der Waals surface area contributed by atoms with Crippen molar-refractivity contribution in [3.8, 4) is 0 Å². The molecular weight excluding hydrogens is 180 g/mol. The third-order valence-corrected chi connectivity index (χ3v) is 3.12. The number of thiol groups is 1. The molecule has 1 aromatic rings. The van der Waals surface area contributed by atoms with Crippen LogP contribution < -0.4 is 0 Å². The zero-order chi connectivity index (χ0) is 9.26. The molecule has 0 saturated heterocycles. The number of fused-ring (bicyclic) bond motifs is 1. The predicted molar refractivity (Wildman–Crippen MR) is 57.2 cm³/mol. The van der Waals surface area contributed by atoms with E-state index in [0.717, 1.165) is 19.6 Å². The van der Waals surface area contributed by atoms with Crippen LogP contribution in [0.1, 0.15) is 28.4 Å². The molecule has 0 radical (unpaired) electrons. The highest BCUT2D eigenvalue weighted by Gasteiger charge is 2.16. The molecule has 1 aromatic carbocycles. The molecule has 2 rings (SSSR count). The van der Waals surface area contributed by atoms with Gasteiger partial charge in [-0.25, -0.2) is 0 Å². The van der Waals surface area contributed by atoms with E-state index >= 15 is 0 Å². The lowest BCUT2D eigenvalue weighted by molar-refractivity contribution is 0.124. The van der Waals surface area contributed by atoms with Gasteiger partial charge >= 0.3 is 0 Å². The Bertz CT molecular complexity index is 309. The lowest BCUT2D eigenvalue weighted by Gasteiger charge is -2.12. The van der Waals surface area contributed by atoms with Gasteiger partial charge in [0.25, 0.3) is 0 Å². The van der Waals surface area contributed by atoms with Gasteiger partial charge in [0.05, 0.1) is 6.61 Å². The molecule has 0 N–H and O–H groups in total. The molecule has 1 aliphatic heterocycles. The minimum atomic E-state index is 0.345. The summed E-state index contributed by atoms with van der Waals surface area (Å²) in [6.45, 7) is 3.70. The Morgan fingerprint density at radius 3 is 3.15 bits per heavy atom. The maximum Gasteiger partial charge on any atom is 0.0722 e. The van der Waals surface area contributed by atoms with Crippen LogP contribution in [0, 0.1) is 6.92 Å². The predicted octanol–water partition coefficient (Wildman–Crippen LogP) is 2.89. The summed E-state index contributed by atoms with van der Waals surface area (Å²) in [5.74, 6) is 0. The summed E-state index contributed by atoms with van der Waals surface area (Å²) in [7, 11) is 0. The van der Waals surface area contributed by atoms with Crippen LogP contribution in [0.15, 0.2) is 18.2 Å². The molecule has 0 aromatic heterocycles. The van der Waals surface area contributed by atoms with Gasteiger partial charge in [-0.15, -0.1) is 0 Å². The zero-order valence-electron chi connectivity index (χ0n) is 7.79. The SMILES string of the molecule is Cc1cccc2c1COCCC2S. The van der Waals surface area contributed by atoms with Gasteiger partial charge in [0, 0.05) is 11.9 Å². The third-order valence-electron chi connectivity index (χ3n) is 2.59. The van der Waals surface area contributed by atoms with Crippen molar-refractivity contribution in [1.82, 2.24) is 0 Å². The molecular formula is C11H14OS. The van der Waals surface area contributed by atoms with Crippen LogP contribution >= 0.6 is 12.6 Å². The van der Waals surface area contributed by atoms with E-state index in [1.807, 2.05) is 0 Å². The van der Waals surface area contributed by atoms with Crippen molar-refractivity contribution in [3.05, 3.63) is 34.9 Å². The lowest BCUT2D eigenvalue weighted by Crippen LogP contribution is -1.96. The van der Waals surface area contributed by atoms with Crippen LogP contribution in [0.5, 0.6) is 0 Å². The Hall–Kier alpha value is -0.470. The molecule has 1 heterocycles. The summed E-state index contributed by atoms with van der Waals surface area (Å²) < 4.78 is 5.52. The van der Waals surface area contributed by atoms with E-state index in [-0.39, 0.29) is 0 Å². The molecule has 0 spiro atoms. The molecule has 70 valence electrons. The summed E-state index contributed by atoms with van der Waals surface area (Å²) >= 11 is 4.58. The summed E-state index contributed by atoms with van der Waals surface area (Å²) in [5, 5.41) is 0.345. The molecule has 2 heteroatoms. The number of hydrogen-bond donors (Lipinski definition) is 1. The van der Waals surface area contributed by atoms with Crippen LogP contribution in [-0.4, -0.2) is 6.61 Å². The second-order valence-electron chi connectivity index (χ2n) is 3.50. The average Bonchev–Trinajstić information content (AvgIpc) is 2.30. The van der Waals surface area contributed by atoms with E-state index < -0.39 is 0 Å². The maximum absolute atomic E-state index is 5.52. The van der Waals surface area contributed by atoms with E-state index in [1.165, 1.54) is 16.7 Å². The standard InChI is InChI=1S/C11H14OS/c1-8-3-2-4-9-10(8)7-12-6-5-11(9)13/h2-4,11,13H,5-7H2,1H3. The summed E-state index contributed by atoms with van der Waals surface area (Å²) in [6.07, 6.45) is 1.01. The van der Waals surface area contributed by atoms with Crippen LogP contribution in [0.25, 0.3) is 0 Å². The largest absolute Gasteiger partial charge is 0.377 e. The van der Waals surface area contributed by atoms with Crippen LogP contribution in [-0.2, 0) is 11.3 Å². The first-order valence-electron chi connectivity index (χ1n) is 4.63. The Morgan fingerprint density at radius 1 is 1.46 bits per heavy atom. The van der Waals surface area contributed by atoms with E-state index in [2.05, 4.69) is 37.8 Å². The second kappa shape index (κ2) is 3.72. The molecule has 0 fully saturated rings. The molecule has 0 aliphatic carbocycles. The molecule has 1 unspecified atom stereocenters. The van der Waals surface area contributed by atoms with Crippen molar-refractivity contribution < 1.29 is 4.74 Å². The molecule has 1 nitrogen and oxygen atoms in total. The number of ether oxygens (including phenoxy) is 1. The third kappa shape index (κ3) is 1.74. The fraction of sp³-hybridized carbons (Fsp3) is 0.455. The fourth-order valence-electron chi connectivity index (χ4n) is 1.76. The normalized spacial score (nSPS) is 22.2. The quantitative estimate of drug-likeness (QED) is 0.625. The van der Waals surface area contributed by atoms with Gasteiger partial charge in [0.1, 0.15) is 0 Å². The Balaban J connectivity index is 2.47. The molecule has 1 aliphatic rings. The van der Waals surface area contributed by atoms with Gasteiger partial charge in [0.2, 0.25) is 0 Å². The first-order chi connectivity index (χ1) is 6.29. The van der Waals surface area contributed by atoms with E-state index in [4.69, 9.17) is 4.74 Å². The number of hydrogen-bond acceptors (Lipinski definition) is 2. The van der Waals surface area contributed by atoms with E-state index in [9.17, 15) is 0 Å². The fourth-order valence-corrected chi connectivity index (χ4v) is 2.11. The van der Waals surface area contributed by atoms with Gasteiger partial charge in [0.15, 0.2) is 0 Å². The van der Waals surface area contributed by atoms with Gasteiger partial charge < -0.3 is 4.74 Å². The van der Waals surface area contributed by atoms with Crippen molar-refractivity contribution in [1.29, 1.82) is 0 Å². The number of rotatable bonds is 0. The number of benzene rings is 1. The molecule has 0 bridgehead atoms. The molecule has 1 atom stereocenters. The molecule has 0 saturated carbocycles. The Kier molecular flexibility index (Phi) is 2.61. The second-order valence-corrected chi connectivity index (χ2v) is 4.12. The number of aryl methyl sites for hydroxylation is 1. The van der Waals surface area contributed by atoms with Crippen molar-refractivity contribution in [2.75, 3.05) is 6.61 Å². The van der Waals surface area contributed by atoms with Crippen molar-refractivity contribution in [3.63, 3.8) is 0 Å². The smallest absolute Gasteiger partial charge is 0.0722 e. The Morgan fingerprint density at radius 2 is 2.31 bits per heavy atom. The van der Waals surface area contributed by atoms with Gasteiger partial charge in [-0.2, -0.15) is 12.6 Å². The molecule has 0 amide bonds. The highest BCUT2D eigenvalue weighted by molar-refractivity contribution is 7.80. The summed E-state index contributed by atoms with van der Waals surface area (Å²) in [6, 6.07) is 6.39. The monoisotopic (exact) mass is 194 g/mol. The van der Waals surface area contributed by atoms with E-state index in [0.29, 0.717) is 5.25 Å². The van der Waals surface area contributed by atoms with Crippen molar-refractivity contribution in [2.45, 2.75) is 25.2 Å². The van der Waals surface area contributed by atoms with Crippen molar-refractivity contribution >= 4 is 12.6 Å². The first-order valence-corrected chi connectivity index (χ1v) is 5.15. The average molecular weight is 194 g/mol. The molecule has 13 heavy (non-hydrogen) atoms. The first kappa shape index (κ1) is 9.10. The minimum Gasteiger partial charge on any atom is -0.377 e. The summed E-state index contributed by atoms with van der Waals surface area (Å²) in [5.41, 5.74) is 4.00. The maximum atomic E-state index is 5.52. The lowest BCUT2D eigenvalue weighted by atomic mass is 9.99. The van der Waals surface area contributed by atoms with E-state index in [1.54, 1.807) is 0 Å². The van der Waals surface area contributed by atoms with Gasteiger partial charge in [-0.05, 0) is 30.0 Å². The van der Waals surface area contributed by atoms with Crippen molar-refractivity contribution in [2.24, 2.45) is 0 Å². The van der Waals surface area contributed by atoms with Crippen LogP contribution in [0.3, 0.4) is 0 Å². The van der Waals surface area contributed by atoms with Crippen LogP contribution in [0.4, 0.5) is 0 Å². The zero-order valence-corrected chi connectivity index (χ0v) is 8.68. The highest BCUT2D eigenvalue weighted by atomic mass is 32.1.